The van der Waals surface area contributed by atoms with Gasteiger partial charge in [0.1, 0.15) is 0 Å². The lowest BCUT2D eigenvalue weighted by atomic mass is 9.95. The maximum absolute atomic E-state index is 10.6. The molecule has 0 saturated carbocycles. The van der Waals surface area contributed by atoms with Gasteiger partial charge in [0.25, 0.3) is 0 Å². The molecule has 0 saturated heterocycles. The Labute approximate surface area is 148 Å². The Morgan fingerprint density at radius 3 is 1.76 bits per heavy atom. The van der Waals surface area contributed by atoms with Crippen LogP contribution in [0.4, 0.5) is 5.69 Å². The zero-order valence-electron chi connectivity index (χ0n) is 14.0. The van der Waals surface area contributed by atoms with Crippen LogP contribution >= 0.6 is 0 Å². The molecule has 2 atom stereocenters. The van der Waals surface area contributed by atoms with Crippen LogP contribution in [-0.4, -0.2) is 10.2 Å². The number of hydrogen-bond acceptors (Lipinski definition) is 3. The monoisotopic (exact) mass is 333 g/mol. The van der Waals surface area contributed by atoms with E-state index < -0.39 is 12.2 Å². The number of aliphatic hydroxyl groups is 2. The Morgan fingerprint density at radius 1 is 0.680 bits per heavy atom. The zero-order valence-corrected chi connectivity index (χ0v) is 14.0. The van der Waals surface area contributed by atoms with Gasteiger partial charge in [-0.25, -0.2) is 0 Å². The van der Waals surface area contributed by atoms with Crippen LogP contribution in [0, 0.1) is 0 Å². The van der Waals surface area contributed by atoms with Gasteiger partial charge in [-0.15, -0.1) is 0 Å². The first-order valence-corrected chi connectivity index (χ1v) is 8.47. The second-order valence-electron chi connectivity index (χ2n) is 6.30. The summed E-state index contributed by atoms with van der Waals surface area (Å²) in [5.41, 5.74) is 10.1. The minimum absolute atomic E-state index is 0.489. The summed E-state index contributed by atoms with van der Waals surface area (Å²) in [7, 11) is 0. The van der Waals surface area contributed by atoms with Crippen LogP contribution < -0.4 is 5.73 Å². The topological polar surface area (TPSA) is 66.5 Å². The molecule has 25 heavy (non-hydrogen) atoms. The summed E-state index contributed by atoms with van der Waals surface area (Å²) in [6, 6.07) is 25.1. The Hall–Kier alpha value is -2.62. The summed E-state index contributed by atoms with van der Waals surface area (Å²) in [4.78, 5) is 0. The van der Waals surface area contributed by atoms with Crippen molar-refractivity contribution in [2.75, 3.05) is 5.73 Å². The number of hydrogen-bond donors (Lipinski definition) is 3. The summed E-state index contributed by atoms with van der Waals surface area (Å²) < 4.78 is 0. The molecule has 128 valence electrons. The molecule has 4 N–H and O–H groups in total. The van der Waals surface area contributed by atoms with Gasteiger partial charge in [-0.3, -0.25) is 0 Å². The molecule has 0 aliphatic carbocycles. The van der Waals surface area contributed by atoms with Crippen LogP contribution in [0.2, 0.25) is 0 Å². The van der Waals surface area contributed by atoms with Crippen molar-refractivity contribution in [1.29, 1.82) is 0 Å². The van der Waals surface area contributed by atoms with Crippen LogP contribution in [0.5, 0.6) is 0 Å². The lowest BCUT2D eigenvalue weighted by Gasteiger charge is -2.18. The fraction of sp³-hybridized carbons (Fsp3) is 0.182. The number of nitrogens with two attached hydrogens (primary N) is 1. The highest BCUT2D eigenvalue weighted by molar-refractivity contribution is 5.50. The van der Waals surface area contributed by atoms with Gasteiger partial charge in [0.05, 0.1) is 12.2 Å². The van der Waals surface area contributed by atoms with E-state index in [9.17, 15) is 10.2 Å². The van der Waals surface area contributed by atoms with Gasteiger partial charge in [0.2, 0.25) is 0 Å². The molecule has 0 aromatic heterocycles. The van der Waals surface area contributed by atoms with Gasteiger partial charge in [-0.2, -0.15) is 0 Å². The van der Waals surface area contributed by atoms with Crippen molar-refractivity contribution in [2.45, 2.75) is 25.0 Å². The van der Waals surface area contributed by atoms with Gasteiger partial charge in [0.15, 0.2) is 0 Å². The molecule has 3 aromatic rings. The van der Waals surface area contributed by atoms with Gasteiger partial charge in [-0.05, 0) is 28.8 Å². The predicted octanol–water partition coefficient (Wildman–Crippen LogP) is 3.82. The Balaban J connectivity index is 1.77. The highest BCUT2D eigenvalue weighted by atomic mass is 16.3. The normalized spacial score (nSPS) is 13.4. The third kappa shape index (κ3) is 4.47. The van der Waals surface area contributed by atoms with E-state index in [0.717, 1.165) is 16.7 Å². The van der Waals surface area contributed by atoms with Crippen LogP contribution in [-0.2, 0) is 12.8 Å². The highest BCUT2D eigenvalue weighted by Crippen LogP contribution is 2.28. The van der Waals surface area contributed by atoms with E-state index in [4.69, 9.17) is 5.73 Å². The Kier molecular flexibility index (Phi) is 5.49. The Bertz CT molecular complexity index is 803. The first kappa shape index (κ1) is 17.2. The van der Waals surface area contributed by atoms with Crippen molar-refractivity contribution < 1.29 is 10.2 Å². The van der Waals surface area contributed by atoms with Crippen molar-refractivity contribution in [2.24, 2.45) is 0 Å². The van der Waals surface area contributed by atoms with E-state index in [1.165, 1.54) is 0 Å². The van der Waals surface area contributed by atoms with E-state index in [2.05, 4.69) is 0 Å². The fourth-order valence-corrected chi connectivity index (χ4v) is 2.99. The summed E-state index contributed by atoms with van der Waals surface area (Å²) in [5.74, 6) is 0. The van der Waals surface area contributed by atoms with Gasteiger partial charge in [-0.1, -0.05) is 66.7 Å². The molecule has 0 aliphatic heterocycles. The van der Waals surface area contributed by atoms with Crippen molar-refractivity contribution in [3.63, 3.8) is 0 Å². The second kappa shape index (κ2) is 7.97. The third-order valence-electron chi connectivity index (χ3n) is 4.40. The summed E-state index contributed by atoms with van der Waals surface area (Å²) in [6.07, 6.45) is -0.320. The first-order chi connectivity index (χ1) is 12.1. The van der Waals surface area contributed by atoms with Crippen molar-refractivity contribution >= 4 is 5.69 Å². The summed E-state index contributed by atoms with van der Waals surface area (Å²) in [6.45, 7) is 0. The van der Waals surface area contributed by atoms with Crippen LogP contribution in [0.25, 0.3) is 0 Å². The molecule has 0 aliphatic rings. The molecule has 0 amide bonds. The molecule has 0 fully saturated rings. The van der Waals surface area contributed by atoms with Crippen LogP contribution in [0.1, 0.15) is 34.5 Å². The van der Waals surface area contributed by atoms with Crippen molar-refractivity contribution in [3.8, 4) is 0 Å². The smallest absolute Gasteiger partial charge is 0.0850 e. The molecular formula is C22H23NO2. The summed E-state index contributed by atoms with van der Waals surface area (Å²) >= 11 is 0. The molecule has 0 spiro atoms. The van der Waals surface area contributed by atoms with Crippen molar-refractivity contribution in [3.05, 3.63) is 101 Å². The zero-order chi connectivity index (χ0) is 17.6. The lowest BCUT2D eigenvalue weighted by Crippen LogP contribution is -2.08. The molecule has 0 heterocycles. The first-order valence-electron chi connectivity index (χ1n) is 8.47. The van der Waals surface area contributed by atoms with E-state index in [1.807, 2.05) is 72.8 Å². The van der Waals surface area contributed by atoms with Gasteiger partial charge >= 0.3 is 0 Å². The van der Waals surface area contributed by atoms with E-state index >= 15 is 0 Å². The SMILES string of the molecule is Nc1ccc(C(O)Cc2ccccc2)cc1C(O)Cc1ccccc1. The molecule has 0 radical (unpaired) electrons. The molecule has 3 rings (SSSR count). The highest BCUT2D eigenvalue weighted by Gasteiger charge is 2.16. The average Bonchev–Trinajstić information content (AvgIpc) is 2.63. The molecule has 3 nitrogen and oxygen atoms in total. The largest absolute Gasteiger partial charge is 0.398 e. The predicted molar refractivity (Wildman–Crippen MR) is 101 cm³/mol. The van der Waals surface area contributed by atoms with Crippen LogP contribution in [0.15, 0.2) is 78.9 Å². The molecule has 2 unspecified atom stereocenters. The molecule has 3 aromatic carbocycles. The van der Waals surface area contributed by atoms with E-state index in [0.29, 0.717) is 24.1 Å². The van der Waals surface area contributed by atoms with E-state index in [-0.39, 0.29) is 0 Å². The number of aliphatic hydroxyl groups excluding tert-OH is 2. The maximum Gasteiger partial charge on any atom is 0.0850 e. The van der Waals surface area contributed by atoms with Crippen LogP contribution in [0.3, 0.4) is 0 Å². The Morgan fingerprint density at radius 2 is 1.20 bits per heavy atom. The third-order valence-corrected chi connectivity index (χ3v) is 4.40. The minimum atomic E-state index is -0.703. The fourth-order valence-electron chi connectivity index (χ4n) is 2.99. The lowest BCUT2D eigenvalue weighted by molar-refractivity contribution is 0.172. The average molecular weight is 333 g/mol. The summed E-state index contributed by atoms with van der Waals surface area (Å²) in [5, 5.41) is 21.1. The number of benzene rings is 3. The number of nitrogen functional groups attached to an aromatic ring is 1. The number of rotatable bonds is 6. The molecule has 0 bridgehead atoms. The quantitative estimate of drug-likeness (QED) is 0.601. The molecule has 3 heteroatoms. The van der Waals surface area contributed by atoms with Crippen molar-refractivity contribution in [1.82, 2.24) is 0 Å². The van der Waals surface area contributed by atoms with Gasteiger partial charge < -0.3 is 15.9 Å². The number of anilines is 1. The van der Waals surface area contributed by atoms with E-state index in [1.54, 1.807) is 6.07 Å². The standard InChI is InChI=1S/C22H23NO2/c23-20-12-11-18(21(24)13-16-7-3-1-4-8-16)15-19(20)22(25)14-17-9-5-2-6-10-17/h1-12,15,21-22,24-25H,13-14,23H2. The maximum atomic E-state index is 10.6. The second-order valence-corrected chi connectivity index (χ2v) is 6.30. The van der Waals surface area contributed by atoms with Gasteiger partial charge in [0, 0.05) is 24.1 Å². The molecular weight excluding hydrogens is 310 g/mol. The minimum Gasteiger partial charge on any atom is -0.398 e.